The van der Waals surface area contributed by atoms with Gasteiger partial charge >= 0.3 is 0 Å². The van der Waals surface area contributed by atoms with Crippen LogP contribution in [0.15, 0.2) is 27.7 Å². The molecule has 0 amide bonds. The Labute approximate surface area is 227 Å². The van der Waals surface area contributed by atoms with Gasteiger partial charge in [-0.1, -0.05) is 59.6 Å². The summed E-state index contributed by atoms with van der Waals surface area (Å²) in [5.74, 6) is 1.93. The molecule has 204 valence electrons. The maximum absolute atomic E-state index is 14.1. The van der Waals surface area contributed by atoms with E-state index < -0.39 is 10.8 Å². The second-order valence-electron chi connectivity index (χ2n) is 14.1. The summed E-state index contributed by atoms with van der Waals surface area (Å²) < 4.78 is 5.86. The molecular weight excluding hydrogens is 474 g/mol. The maximum Gasteiger partial charge on any atom is 0.219 e. The molecule has 2 fully saturated rings. The van der Waals surface area contributed by atoms with Gasteiger partial charge in [-0.15, -0.1) is 10.2 Å². The van der Waals surface area contributed by atoms with Crippen LogP contribution in [0.2, 0.25) is 0 Å². The van der Waals surface area contributed by atoms with Gasteiger partial charge in [-0.05, 0) is 73.7 Å². The smallest absolute Gasteiger partial charge is 0.219 e. The summed E-state index contributed by atoms with van der Waals surface area (Å²) in [6.45, 7) is 14.9. The molecule has 6 nitrogen and oxygen atoms in total. The van der Waals surface area contributed by atoms with Crippen LogP contribution in [0.3, 0.4) is 0 Å². The van der Waals surface area contributed by atoms with E-state index in [1.807, 2.05) is 32.9 Å². The fourth-order valence-electron chi connectivity index (χ4n) is 9.33. The predicted molar refractivity (Wildman–Crippen MR) is 145 cm³/mol. The molecular formula is C32H43N3O3. The number of rotatable bonds is 4. The fourth-order valence-corrected chi connectivity index (χ4v) is 9.33. The average molecular weight is 518 g/mol. The maximum atomic E-state index is 14.1. The molecule has 1 aromatic rings. The standard InChI is InChI=1S/C32H43N3O3/c1-8-11-30(5)12-9-20(28-35-34-19(2)38-28)14-23(30)22-17-31(6)13-10-25-29(3,4)27(37)21(18-33)16-32(25,7)26(31)15-24(22)36/h15-16,20,22-23,25H,8-14,17H2,1-7H3. The van der Waals surface area contributed by atoms with E-state index in [-0.39, 0.29) is 51.6 Å². The van der Waals surface area contributed by atoms with Crippen molar-refractivity contribution < 1.29 is 14.0 Å². The molecule has 38 heavy (non-hydrogen) atoms. The number of carbonyl (C=O) groups excluding carboxylic acids is 2. The van der Waals surface area contributed by atoms with Crippen molar-refractivity contribution in [1.82, 2.24) is 10.2 Å². The molecule has 2 saturated carbocycles. The van der Waals surface area contributed by atoms with Crippen molar-refractivity contribution in [2.75, 3.05) is 0 Å². The van der Waals surface area contributed by atoms with Crippen molar-refractivity contribution in [2.24, 2.45) is 39.4 Å². The first-order valence-electron chi connectivity index (χ1n) is 14.5. The molecule has 5 rings (SSSR count). The van der Waals surface area contributed by atoms with Crippen molar-refractivity contribution in [2.45, 2.75) is 106 Å². The molecule has 0 aromatic carbocycles. The lowest BCUT2D eigenvalue weighted by molar-refractivity contribution is -0.132. The molecule has 6 heteroatoms. The number of hydrogen-bond acceptors (Lipinski definition) is 6. The Morgan fingerprint density at radius 2 is 1.84 bits per heavy atom. The third kappa shape index (κ3) is 3.95. The molecule has 0 radical (unpaired) electrons. The zero-order valence-corrected chi connectivity index (χ0v) is 24.2. The van der Waals surface area contributed by atoms with Gasteiger partial charge in [0.2, 0.25) is 11.8 Å². The van der Waals surface area contributed by atoms with E-state index in [0.29, 0.717) is 11.8 Å². The second-order valence-corrected chi connectivity index (χ2v) is 14.1. The number of hydrogen-bond donors (Lipinski definition) is 0. The molecule has 0 spiro atoms. The van der Waals surface area contributed by atoms with Gasteiger partial charge in [0.25, 0.3) is 0 Å². The number of aromatic nitrogens is 2. The normalized spacial score (nSPS) is 40.5. The fraction of sp³-hybridized carbons (Fsp3) is 0.719. The summed E-state index contributed by atoms with van der Waals surface area (Å²) in [5.41, 5.74) is 0.227. The van der Waals surface area contributed by atoms with Gasteiger partial charge in [-0.25, -0.2) is 0 Å². The molecule has 0 N–H and O–H groups in total. The first-order valence-corrected chi connectivity index (χ1v) is 14.5. The van der Waals surface area contributed by atoms with Crippen LogP contribution in [0.25, 0.3) is 0 Å². The van der Waals surface area contributed by atoms with E-state index in [4.69, 9.17) is 4.42 Å². The molecule has 7 atom stereocenters. The van der Waals surface area contributed by atoms with Crippen LogP contribution < -0.4 is 0 Å². The van der Waals surface area contributed by atoms with Crippen molar-refractivity contribution in [3.63, 3.8) is 0 Å². The number of Topliss-reactive ketones (excluding diaryl/α,β-unsaturated/α-hetero) is 1. The lowest BCUT2D eigenvalue weighted by Crippen LogP contribution is -2.55. The topological polar surface area (TPSA) is 96.8 Å². The van der Waals surface area contributed by atoms with Crippen LogP contribution in [0.5, 0.6) is 0 Å². The number of fused-ring (bicyclic) bond motifs is 3. The zero-order valence-electron chi connectivity index (χ0n) is 24.2. The Morgan fingerprint density at radius 3 is 2.47 bits per heavy atom. The van der Waals surface area contributed by atoms with Crippen molar-refractivity contribution in [3.8, 4) is 6.07 Å². The SMILES string of the molecule is CCCC1(C)CCC(c2nnc(C)o2)CC1C1CC2(C)CCC3C(C)(C)C(=O)C(C#N)=CC3(C)C2=CC1=O. The minimum absolute atomic E-state index is 0.0510. The minimum Gasteiger partial charge on any atom is -0.425 e. The summed E-state index contributed by atoms with van der Waals surface area (Å²) in [5, 5.41) is 18.2. The molecule has 0 aliphatic heterocycles. The monoisotopic (exact) mass is 517 g/mol. The Hall–Kier alpha value is -2.55. The first kappa shape index (κ1) is 27.0. The lowest BCUT2D eigenvalue weighted by atomic mass is 9.43. The van der Waals surface area contributed by atoms with E-state index >= 15 is 0 Å². The van der Waals surface area contributed by atoms with Crippen molar-refractivity contribution >= 4 is 11.6 Å². The van der Waals surface area contributed by atoms with Gasteiger partial charge in [0.1, 0.15) is 6.07 Å². The molecule has 7 unspecified atom stereocenters. The number of nitriles is 1. The van der Waals surface area contributed by atoms with Crippen LogP contribution >= 0.6 is 0 Å². The first-order chi connectivity index (χ1) is 17.8. The number of ketones is 2. The molecule has 1 heterocycles. The minimum atomic E-state index is -0.630. The summed E-state index contributed by atoms with van der Waals surface area (Å²) in [6.07, 6.45) is 11.7. The third-order valence-corrected chi connectivity index (χ3v) is 11.2. The highest BCUT2D eigenvalue weighted by atomic mass is 16.4. The van der Waals surface area contributed by atoms with Crippen LogP contribution in [0.1, 0.15) is 111 Å². The van der Waals surface area contributed by atoms with Crippen LogP contribution in [0, 0.1) is 57.7 Å². The largest absolute Gasteiger partial charge is 0.425 e. The predicted octanol–water partition coefficient (Wildman–Crippen LogP) is 7.07. The van der Waals surface area contributed by atoms with Gasteiger partial charge in [-0.2, -0.15) is 5.26 Å². The third-order valence-electron chi connectivity index (χ3n) is 11.2. The quantitative estimate of drug-likeness (QED) is 0.424. The Balaban J connectivity index is 1.55. The average Bonchev–Trinajstić information content (AvgIpc) is 3.29. The van der Waals surface area contributed by atoms with E-state index in [0.717, 1.165) is 56.9 Å². The van der Waals surface area contributed by atoms with Gasteiger partial charge in [0.15, 0.2) is 11.6 Å². The van der Waals surface area contributed by atoms with Gasteiger partial charge in [-0.3, -0.25) is 9.59 Å². The number of aryl methyl sites for hydroxylation is 1. The van der Waals surface area contributed by atoms with E-state index in [1.165, 1.54) is 0 Å². The molecule has 0 bridgehead atoms. The molecule has 4 aliphatic rings. The molecule has 0 saturated heterocycles. The Bertz CT molecular complexity index is 1260. The number of nitrogens with zero attached hydrogens (tertiary/aromatic N) is 3. The second kappa shape index (κ2) is 9.00. The summed E-state index contributed by atoms with van der Waals surface area (Å²) in [4.78, 5) is 27.3. The van der Waals surface area contributed by atoms with Crippen LogP contribution in [-0.4, -0.2) is 21.8 Å². The molecule has 4 aliphatic carbocycles. The van der Waals surface area contributed by atoms with Crippen molar-refractivity contribution in [3.05, 3.63) is 35.1 Å². The lowest BCUT2D eigenvalue weighted by Gasteiger charge is -2.59. The van der Waals surface area contributed by atoms with Crippen LogP contribution in [-0.2, 0) is 9.59 Å². The van der Waals surface area contributed by atoms with Crippen LogP contribution in [0.4, 0.5) is 0 Å². The summed E-state index contributed by atoms with van der Waals surface area (Å²) >= 11 is 0. The van der Waals surface area contributed by atoms with E-state index in [9.17, 15) is 14.9 Å². The Morgan fingerprint density at radius 1 is 1.11 bits per heavy atom. The van der Waals surface area contributed by atoms with Crippen molar-refractivity contribution in [1.29, 1.82) is 5.26 Å². The number of carbonyl (C=O) groups is 2. The van der Waals surface area contributed by atoms with E-state index in [2.05, 4.69) is 44.0 Å². The van der Waals surface area contributed by atoms with E-state index in [1.54, 1.807) is 0 Å². The zero-order chi connectivity index (χ0) is 27.7. The highest BCUT2D eigenvalue weighted by Crippen LogP contribution is 2.66. The number of allylic oxidation sites excluding steroid dienone is 4. The highest BCUT2D eigenvalue weighted by Gasteiger charge is 2.60. The summed E-state index contributed by atoms with van der Waals surface area (Å²) in [6, 6.07) is 2.17. The van der Waals surface area contributed by atoms with Gasteiger partial charge in [0, 0.05) is 29.6 Å². The van der Waals surface area contributed by atoms with Gasteiger partial charge in [0.05, 0.1) is 5.57 Å². The Kier molecular flexibility index (Phi) is 6.40. The highest BCUT2D eigenvalue weighted by molar-refractivity contribution is 6.04. The molecule has 1 aromatic heterocycles. The summed E-state index contributed by atoms with van der Waals surface area (Å²) in [7, 11) is 0. The van der Waals surface area contributed by atoms with Gasteiger partial charge < -0.3 is 4.42 Å².